The lowest BCUT2D eigenvalue weighted by molar-refractivity contribution is -0.129. The van der Waals surface area contributed by atoms with Gasteiger partial charge in [0.05, 0.1) is 13.2 Å². The highest BCUT2D eigenvalue weighted by molar-refractivity contribution is 5.96. The molecule has 2 amide bonds. The van der Waals surface area contributed by atoms with E-state index in [1.807, 2.05) is 0 Å². The summed E-state index contributed by atoms with van der Waals surface area (Å²) in [5.41, 5.74) is 0. The third kappa shape index (κ3) is 7.79. The number of hydrogen-bond donors (Lipinski definition) is 2. The van der Waals surface area contributed by atoms with Gasteiger partial charge in [-0.1, -0.05) is 13.3 Å². The maximum Gasteiger partial charge on any atom is 0.229 e. The Morgan fingerprint density at radius 2 is 1.74 bits per heavy atom. The van der Waals surface area contributed by atoms with Crippen LogP contribution in [-0.2, 0) is 14.3 Å². The van der Waals surface area contributed by atoms with Crippen LogP contribution in [0.25, 0.3) is 0 Å². The Morgan fingerprint density at radius 1 is 1.11 bits per heavy atom. The summed E-state index contributed by atoms with van der Waals surface area (Å²) in [7, 11) is 0. The molecule has 0 saturated carbocycles. The molecule has 1 aliphatic heterocycles. The predicted molar refractivity (Wildman–Crippen MR) is 72.8 cm³/mol. The smallest absolute Gasteiger partial charge is 0.229 e. The molecule has 0 atom stereocenters. The van der Waals surface area contributed by atoms with E-state index in [1.165, 1.54) is 0 Å². The SMILES string of the molecule is CCCCNC(=O)CC(=O)NCCN1CCOCC1. The molecule has 2 N–H and O–H groups in total. The highest BCUT2D eigenvalue weighted by Gasteiger charge is 2.11. The zero-order valence-corrected chi connectivity index (χ0v) is 11.7. The maximum absolute atomic E-state index is 11.5. The molecule has 19 heavy (non-hydrogen) atoms. The quantitative estimate of drug-likeness (QED) is 0.471. The normalized spacial score (nSPS) is 16.1. The van der Waals surface area contributed by atoms with Gasteiger partial charge < -0.3 is 15.4 Å². The largest absolute Gasteiger partial charge is 0.379 e. The topological polar surface area (TPSA) is 70.7 Å². The second-order valence-electron chi connectivity index (χ2n) is 4.68. The van der Waals surface area contributed by atoms with Crippen molar-refractivity contribution < 1.29 is 14.3 Å². The second kappa shape index (κ2) is 9.75. The molecule has 0 bridgehead atoms. The molecular weight excluding hydrogens is 246 g/mol. The first-order valence-electron chi connectivity index (χ1n) is 7.06. The summed E-state index contributed by atoms with van der Waals surface area (Å²) in [6, 6.07) is 0. The van der Waals surface area contributed by atoms with E-state index in [1.54, 1.807) is 0 Å². The Hall–Kier alpha value is -1.14. The van der Waals surface area contributed by atoms with Crippen LogP contribution < -0.4 is 10.6 Å². The van der Waals surface area contributed by atoms with E-state index in [4.69, 9.17) is 4.74 Å². The highest BCUT2D eigenvalue weighted by Crippen LogP contribution is 1.94. The van der Waals surface area contributed by atoms with Crippen molar-refractivity contribution in [3.63, 3.8) is 0 Å². The standard InChI is InChI=1S/C13H25N3O3/c1-2-3-4-14-12(17)11-13(18)15-5-6-16-7-9-19-10-8-16/h2-11H2,1H3,(H,14,17)(H,15,18). The molecule has 6 nitrogen and oxygen atoms in total. The number of unbranched alkanes of at least 4 members (excludes halogenated alkanes) is 1. The van der Waals surface area contributed by atoms with Crippen LogP contribution >= 0.6 is 0 Å². The van der Waals surface area contributed by atoms with Gasteiger partial charge in [0.15, 0.2) is 0 Å². The molecule has 110 valence electrons. The van der Waals surface area contributed by atoms with Gasteiger partial charge in [-0.15, -0.1) is 0 Å². The van der Waals surface area contributed by atoms with Crippen LogP contribution in [-0.4, -0.2) is 62.7 Å². The Labute approximate surface area is 114 Å². The minimum atomic E-state index is -0.206. The average Bonchev–Trinajstić information content (AvgIpc) is 2.40. The number of morpholine rings is 1. The van der Waals surface area contributed by atoms with Crippen molar-refractivity contribution in [1.82, 2.24) is 15.5 Å². The van der Waals surface area contributed by atoms with E-state index in [0.29, 0.717) is 13.1 Å². The van der Waals surface area contributed by atoms with Crippen molar-refractivity contribution >= 4 is 11.8 Å². The molecule has 0 spiro atoms. The molecule has 1 heterocycles. The Morgan fingerprint density at radius 3 is 2.37 bits per heavy atom. The fraction of sp³-hybridized carbons (Fsp3) is 0.846. The van der Waals surface area contributed by atoms with Gasteiger partial charge >= 0.3 is 0 Å². The molecule has 0 aromatic heterocycles. The van der Waals surface area contributed by atoms with Gasteiger partial charge in [0.1, 0.15) is 6.42 Å². The fourth-order valence-corrected chi connectivity index (χ4v) is 1.85. The van der Waals surface area contributed by atoms with Gasteiger partial charge in [0.2, 0.25) is 11.8 Å². The molecule has 1 fully saturated rings. The summed E-state index contributed by atoms with van der Waals surface area (Å²) in [5, 5.41) is 5.50. The van der Waals surface area contributed by atoms with Gasteiger partial charge in [-0.3, -0.25) is 14.5 Å². The van der Waals surface area contributed by atoms with E-state index in [-0.39, 0.29) is 18.2 Å². The highest BCUT2D eigenvalue weighted by atomic mass is 16.5. The van der Waals surface area contributed by atoms with Gasteiger partial charge in [-0.2, -0.15) is 0 Å². The monoisotopic (exact) mass is 271 g/mol. The molecule has 0 aromatic rings. The lowest BCUT2D eigenvalue weighted by Crippen LogP contribution is -2.42. The lowest BCUT2D eigenvalue weighted by atomic mass is 10.3. The number of rotatable bonds is 8. The molecule has 1 saturated heterocycles. The van der Waals surface area contributed by atoms with E-state index in [0.717, 1.165) is 45.7 Å². The molecule has 0 aromatic carbocycles. The van der Waals surface area contributed by atoms with Crippen LogP contribution in [0, 0.1) is 0 Å². The van der Waals surface area contributed by atoms with Crippen LogP contribution in [0.5, 0.6) is 0 Å². The van der Waals surface area contributed by atoms with Gasteiger partial charge in [0, 0.05) is 32.7 Å². The predicted octanol–water partition coefficient (Wildman–Crippen LogP) is -0.259. The number of ether oxygens (including phenoxy) is 1. The molecular formula is C13H25N3O3. The van der Waals surface area contributed by atoms with Crippen LogP contribution in [0.3, 0.4) is 0 Å². The number of hydrogen-bond acceptors (Lipinski definition) is 4. The number of amides is 2. The van der Waals surface area contributed by atoms with Crippen LogP contribution in [0.1, 0.15) is 26.2 Å². The summed E-state index contributed by atoms with van der Waals surface area (Å²) in [6.45, 7) is 7.44. The number of carbonyl (C=O) groups excluding carboxylic acids is 2. The van der Waals surface area contributed by atoms with Crippen molar-refractivity contribution in [2.75, 3.05) is 45.9 Å². The Bertz CT molecular complexity index is 278. The number of nitrogens with zero attached hydrogens (tertiary/aromatic N) is 1. The Balaban J connectivity index is 2.02. The van der Waals surface area contributed by atoms with E-state index in [2.05, 4.69) is 22.5 Å². The van der Waals surface area contributed by atoms with E-state index >= 15 is 0 Å². The van der Waals surface area contributed by atoms with Crippen molar-refractivity contribution in [2.45, 2.75) is 26.2 Å². The lowest BCUT2D eigenvalue weighted by Gasteiger charge is -2.26. The summed E-state index contributed by atoms with van der Waals surface area (Å²) in [6.07, 6.45) is 1.91. The van der Waals surface area contributed by atoms with Crippen molar-refractivity contribution in [3.05, 3.63) is 0 Å². The first-order valence-corrected chi connectivity index (χ1v) is 7.06. The molecule has 6 heteroatoms. The van der Waals surface area contributed by atoms with Gasteiger partial charge in [0.25, 0.3) is 0 Å². The van der Waals surface area contributed by atoms with Crippen molar-refractivity contribution in [1.29, 1.82) is 0 Å². The molecule has 1 aliphatic rings. The van der Waals surface area contributed by atoms with Crippen LogP contribution in [0.15, 0.2) is 0 Å². The first kappa shape index (κ1) is 15.9. The van der Waals surface area contributed by atoms with Crippen molar-refractivity contribution in [3.8, 4) is 0 Å². The zero-order chi connectivity index (χ0) is 13.9. The van der Waals surface area contributed by atoms with Gasteiger partial charge in [-0.25, -0.2) is 0 Å². The third-order valence-electron chi connectivity index (χ3n) is 3.03. The van der Waals surface area contributed by atoms with E-state index in [9.17, 15) is 9.59 Å². The van der Waals surface area contributed by atoms with Gasteiger partial charge in [-0.05, 0) is 6.42 Å². The molecule has 1 rings (SSSR count). The average molecular weight is 271 g/mol. The summed E-state index contributed by atoms with van der Waals surface area (Å²) in [4.78, 5) is 25.1. The zero-order valence-electron chi connectivity index (χ0n) is 11.7. The van der Waals surface area contributed by atoms with Crippen LogP contribution in [0.2, 0.25) is 0 Å². The van der Waals surface area contributed by atoms with E-state index < -0.39 is 0 Å². The Kier molecular flexibility index (Phi) is 8.16. The fourth-order valence-electron chi connectivity index (χ4n) is 1.85. The first-order chi connectivity index (χ1) is 9.22. The van der Waals surface area contributed by atoms with Crippen molar-refractivity contribution in [2.24, 2.45) is 0 Å². The number of carbonyl (C=O) groups is 2. The molecule has 0 radical (unpaired) electrons. The minimum Gasteiger partial charge on any atom is -0.379 e. The molecule has 0 aliphatic carbocycles. The minimum absolute atomic E-state index is 0.0766. The number of nitrogens with one attached hydrogen (secondary N) is 2. The third-order valence-corrected chi connectivity index (χ3v) is 3.03. The summed E-state index contributed by atoms with van der Waals surface area (Å²) < 4.78 is 5.24. The summed E-state index contributed by atoms with van der Waals surface area (Å²) >= 11 is 0. The maximum atomic E-state index is 11.5. The molecule has 0 unspecified atom stereocenters. The van der Waals surface area contributed by atoms with Crippen LogP contribution in [0.4, 0.5) is 0 Å². The summed E-state index contributed by atoms with van der Waals surface area (Å²) in [5.74, 6) is -0.403. The second-order valence-corrected chi connectivity index (χ2v) is 4.68.